The predicted molar refractivity (Wildman–Crippen MR) is 173 cm³/mol. The second-order valence-corrected chi connectivity index (χ2v) is 12.6. The Morgan fingerprint density at radius 1 is 0.977 bits per heavy atom. The number of benzene rings is 4. The third-order valence-electron chi connectivity index (χ3n) is 6.70. The molecule has 43 heavy (non-hydrogen) atoms. The largest absolute Gasteiger partial charge is 0.493 e. The van der Waals surface area contributed by atoms with Crippen molar-refractivity contribution in [3.63, 3.8) is 0 Å². The summed E-state index contributed by atoms with van der Waals surface area (Å²) in [4.78, 5) is 13.1. The van der Waals surface area contributed by atoms with Gasteiger partial charge in [0, 0.05) is 0 Å². The Labute approximate surface area is 261 Å². The minimum Gasteiger partial charge on any atom is -0.493 e. The normalized spacial score (nSPS) is 11.4. The summed E-state index contributed by atoms with van der Waals surface area (Å²) in [6, 6.07) is 25.3. The number of sulfonamides is 1. The van der Waals surface area contributed by atoms with Gasteiger partial charge in [0.15, 0.2) is 11.5 Å². The highest BCUT2D eigenvalue weighted by atomic mass is 79.9. The van der Waals surface area contributed by atoms with Crippen LogP contribution in [-0.2, 0) is 27.8 Å². The lowest BCUT2D eigenvalue weighted by atomic mass is 10.1. The van der Waals surface area contributed by atoms with Gasteiger partial charge in [-0.1, -0.05) is 72.6 Å². The number of halogens is 1. The quantitative estimate of drug-likeness (QED) is 0.137. The van der Waals surface area contributed by atoms with Crippen molar-refractivity contribution in [2.45, 2.75) is 38.7 Å². The molecule has 10 heteroatoms. The van der Waals surface area contributed by atoms with Crippen molar-refractivity contribution in [2.24, 2.45) is 5.10 Å². The van der Waals surface area contributed by atoms with E-state index in [-0.39, 0.29) is 4.90 Å². The van der Waals surface area contributed by atoms with Gasteiger partial charge in [-0.15, -0.1) is 0 Å². The predicted octanol–water partition coefficient (Wildman–Crippen LogP) is 6.56. The van der Waals surface area contributed by atoms with E-state index in [1.54, 1.807) is 55.6 Å². The molecule has 0 saturated carbocycles. The van der Waals surface area contributed by atoms with E-state index in [1.165, 1.54) is 11.8 Å². The summed E-state index contributed by atoms with van der Waals surface area (Å²) < 4.78 is 40.8. The van der Waals surface area contributed by atoms with Gasteiger partial charge in [0.25, 0.3) is 15.9 Å². The zero-order valence-corrected chi connectivity index (χ0v) is 26.9. The van der Waals surface area contributed by atoms with Crippen LogP contribution < -0.4 is 19.2 Å². The number of hydrazone groups is 1. The molecule has 0 aliphatic carbocycles. The number of carbonyl (C=O) groups is 1. The van der Waals surface area contributed by atoms with Gasteiger partial charge in [-0.2, -0.15) is 5.10 Å². The highest BCUT2D eigenvalue weighted by molar-refractivity contribution is 9.10. The first-order valence-corrected chi connectivity index (χ1v) is 15.9. The molecule has 0 aliphatic rings. The smallest absolute Gasteiger partial charge is 0.264 e. The summed E-state index contributed by atoms with van der Waals surface area (Å²) >= 11 is 3.54. The highest BCUT2D eigenvalue weighted by Crippen LogP contribution is 2.37. The van der Waals surface area contributed by atoms with Gasteiger partial charge < -0.3 is 9.47 Å². The first kappa shape index (κ1) is 31.8. The number of anilines is 1. The van der Waals surface area contributed by atoms with Gasteiger partial charge in [-0.3, -0.25) is 9.10 Å². The standard InChI is InChI=1S/C33H34BrN3O5S/c1-5-27-8-6-7-9-30(27)37(43(39,40)28-16-12-24(3)13-17-28)21-32(38)36-35-20-26-18-29(34)33(31(19-26)41-4)42-22-25-14-10-23(2)11-15-25/h6-20H,5,21-22H2,1-4H3,(H,36,38)/b35-20-. The van der Waals surface area contributed by atoms with E-state index in [2.05, 4.69) is 26.5 Å². The van der Waals surface area contributed by atoms with Crippen molar-refractivity contribution in [1.82, 2.24) is 5.43 Å². The van der Waals surface area contributed by atoms with Crippen molar-refractivity contribution < 1.29 is 22.7 Å². The van der Waals surface area contributed by atoms with E-state index >= 15 is 0 Å². The molecule has 0 spiro atoms. The Morgan fingerprint density at radius 2 is 1.63 bits per heavy atom. The second kappa shape index (κ2) is 14.3. The molecule has 0 bridgehead atoms. The van der Waals surface area contributed by atoms with Crippen LogP contribution in [0.2, 0.25) is 0 Å². The van der Waals surface area contributed by atoms with Crippen molar-refractivity contribution in [3.8, 4) is 11.5 Å². The van der Waals surface area contributed by atoms with Crippen LogP contribution in [0, 0.1) is 13.8 Å². The van der Waals surface area contributed by atoms with E-state index < -0.39 is 22.5 Å². The zero-order chi connectivity index (χ0) is 31.0. The number of rotatable bonds is 12. The molecule has 0 aliphatic heterocycles. The van der Waals surface area contributed by atoms with Gasteiger partial charge in [0.1, 0.15) is 13.2 Å². The number of para-hydroxylation sites is 1. The molecule has 4 rings (SSSR count). The SMILES string of the molecule is CCc1ccccc1N(CC(=O)N/N=C\c1cc(Br)c(OCc2ccc(C)cc2)c(OC)c1)S(=O)(=O)c1ccc(C)cc1. The third kappa shape index (κ3) is 8.03. The lowest BCUT2D eigenvalue weighted by Gasteiger charge is -2.25. The number of nitrogens with zero attached hydrogens (tertiary/aromatic N) is 2. The summed E-state index contributed by atoms with van der Waals surface area (Å²) in [5.74, 6) is 0.429. The molecule has 0 saturated heterocycles. The second-order valence-electron chi connectivity index (χ2n) is 9.91. The van der Waals surface area contributed by atoms with Crippen LogP contribution in [0.1, 0.15) is 34.7 Å². The molecule has 4 aromatic carbocycles. The number of amides is 1. The fourth-order valence-corrected chi connectivity index (χ4v) is 6.36. The van der Waals surface area contributed by atoms with Gasteiger partial charge in [-0.25, -0.2) is 13.8 Å². The number of ether oxygens (including phenoxy) is 2. The zero-order valence-electron chi connectivity index (χ0n) is 24.5. The van der Waals surface area contributed by atoms with Crippen molar-refractivity contribution in [2.75, 3.05) is 18.0 Å². The van der Waals surface area contributed by atoms with Crippen LogP contribution in [0.25, 0.3) is 0 Å². The molecule has 0 atom stereocenters. The maximum Gasteiger partial charge on any atom is 0.264 e. The number of hydrogen-bond donors (Lipinski definition) is 1. The topological polar surface area (TPSA) is 97.3 Å². The van der Waals surface area contributed by atoms with E-state index in [0.717, 1.165) is 21.0 Å². The first-order valence-electron chi connectivity index (χ1n) is 13.7. The number of nitrogens with one attached hydrogen (secondary N) is 1. The Kier molecular flexibility index (Phi) is 10.6. The molecular formula is C33H34BrN3O5S. The molecule has 0 heterocycles. The summed E-state index contributed by atoms with van der Waals surface area (Å²) in [6.07, 6.45) is 2.05. The van der Waals surface area contributed by atoms with E-state index in [0.29, 0.717) is 40.3 Å². The monoisotopic (exact) mass is 663 g/mol. The average molecular weight is 665 g/mol. The highest BCUT2D eigenvalue weighted by Gasteiger charge is 2.28. The Bertz CT molecular complexity index is 1710. The number of hydrogen-bond acceptors (Lipinski definition) is 6. The number of methoxy groups -OCH3 is 1. The van der Waals surface area contributed by atoms with Crippen LogP contribution in [0.3, 0.4) is 0 Å². The van der Waals surface area contributed by atoms with Crippen LogP contribution in [0.15, 0.2) is 99.4 Å². The molecule has 224 valence electrons. The van der Waals surface area contributed by atoms with Gasteiger partial charge >= 0.3 is 0 Å². The fraction of sp³-hybridized carbons (Fsp3) is 0.212. The number of carbonyl (C=O) groups excluding carboxylic acids is 1. The molecule has 0 unspecified atom stereocenters. The molecule has 8 nitrogen and oxygen atoms in total. The van der Waals surface area contributed by atoms with E-state index in [4.69, 9.17) is 9.47 Å². The molecule has 1 amide bonds. The average Bonchev–Trinajstić information content (AvgIpc) is 3.00. The van der Waals surface area contributed by atoms with Crippen LogP contribution in [-0.4, -0.2) is 34.2 Å². The molecule has 0 fully saturated rings. The Hall–Kier alpha value is -4.15. The van der Waals surface area contributed by atoms with Crippen LogP contribution in [0.5, 0.6) is 11.5 Å². The fourth-order valence-electron chi connectivity index (χ4n) is 4.33. The van der Waals surface area contributed by atoms with Crippen molar-refractivity contribution in [3.05, 3.63) is 117 Å². The minimum atomic E-state index is -4.04. The molecule has 4 aromatic rings. The Balaban J connectivity index is 1.51. The minimum absolute atomic E-state index is 0.0990. The summed E-state index contributed by atoms with van der Waals surface area (Å²) in [7, 11) is -2.50. The number of aryl methyl sites for hydroxylation is 3. The third-order valence-corrected chi connectivity index (χ3v) is 9.06. The lowest BCUT2D eigenvalue weighted by Crippen LogP contribution is -2.40. The Morgan fingerprint density at radius 3 is 2.28 bits per heavy atom. The maximum atomic E-state index is 13.7. The van der Waals surface area contributed by atoms with Gasteiger partial charge in [0.2, 0.25) is 0 Å². The molecular weight excluding hydrogens is 630 g/mol. The van der Waals surface area contributed by atoms with Gasteiger partial charge in [-0.05, 0) is 83.2 Å². The van der Waals surface area contributed by atoms with Crippen molar-refractivity contribution in [1.29, 1.82) is 0 Å². The lowest BCUT2D eigenvalue weighted by molar-refractivity contribution is -0.119. The molecule has 0 radical (unpaired) electrons. The summed E-state index contributed by atoms with van der Waals surface area (Å²) in [6.45, 7) is 5.75. The van der Waals surface area contributed by atoms with E-state index in [1.807, 2.05) is 57.2 Å². The van der Waals surface area contributed by atoms with E-state index in [9.17, 15) is 13.2 Å². The van der Waals surface area contributed by atoms with Crippen molar-refractivity contribution >= 4 is 43.8 Å². The molecule has 1 N–H and O–H groups in total. The van der Waals surface area contributed by atoms with Crippen LogP contribution in [0.4, 0.5) is 5.69 Å². The molecule has 0 aromatic heterocycles. The first-order chi connectivity index (χ1) is 20.6. The van der Waals surface area contributed by atoms with Gasteiger partial charge in [0.05, 0.1) is 28.4 Å². The summed E-state index contributed by atoms with van der Waals surface area (Å²) in [5, 5.41) is 4.08. The summed E-state index contributed by atoms with van der Waals surface area (Å²) in [5.41, 5.74) is 7.46. The van der Waals surface area contributed by atoms with Crippen LogP contribution >= 0.6 is 15.9 Å². The maximum absolute atomic E-state index is 13.7.